The monoisotopic (exact) mass is 354 g/mol. The number of hydrogen-bond acceptors (Lipinski definition) is 5. The van der Waals surface area contributed by atoms with Gasteiger partial charge in [-0.2, -0.15) is 0 Å². The molecule has 2 N–H and O–H groups in total. The second-order valence-electron chi connectivity index (χ2n) is 5.72. The summed E-state index contributed by atoms with van der Waals surface area (Å²) in [6.45, 7) is 3.85. The summed E-state index contributed by atoms with van der Waals surface area (Å²) in [6, 6.07) is 17.8. The highest BCUT2D eigenvalue weighted by molar-refractivity contribution is 7.92. The lowest BCUT2D eigenvalue weighted by Gasteiger charge is -2.09. The van der Waals surface area contributed by atoms with E-state index in [1.165, 1.54) is 6.07 Å². The minimum absolute atomic E-state index is 0.163. The number of sulfonamides is 1. The number of anilines is 3. The van der Waals surface area contributed by atoms with Crippen molar-refractivity contribution in [1.29, 1.82) is 0 Å². The Bertz CT molecular complexity index is 969. The molecule has 6 nitrogen and oxygen atoms in total. The molecule has 3 aromatic rings. The number of rotatable bonds is 5. The highest BCUT2D eigenvalue weighted by Crippen LogP contribution is 2.18. The van der Waals surface area contributed by atoms with Gasteiger partial charge in [0.05, 0.1) is 4.90 Å². The number of aromatic nitrogens is 2. The second kappa shape index (κ2) is 6.90. The van der Waals surface area contributed by atoms with Crippen LogP contribution >= 0.6 is 0 Å². The van der Waals surface area contributed by atoms with Gasteiger partial charge in [0.25, 0.3) is 10.0 Å². The molecular formula is C18H18N4O2S. The van der Waals surface area contributed by atoms with Crippen molar-refractivity contribution >= 4 is 27.3 Å². The van der Waals surface area contributed by atoms with Gasteiger partial charge in [0.15, 0.2) is 11.6 Å². The molecule has 0 aliphatic rings. The smallest absolute Gasteiger partial charge is 0.263 e. The third-order valence-electron chi connectivity index (χ3n) is 3.53. The average Bonchev–Trinajstić information content (AvgIpc) is 2.58. The molecule has 0 unspecified atom stereocenters. The molecule has 0 amide bonds. The molecule has 0 fully saturated rings. The summed E-state index contributed by atoms with van der Waals surface area (Å²) in [7, 11) is -3.69. The van der Waals surface area contributed by atoms with Crippen molar-refractivity contribution in [2.75, 3.05) is 10.0 Å². The van der Waals surface area contributed by atoms with Crippen LogP contribution in [0.5, 0.6) is 0 Å². The Morgan fingerprint density at radius 3 is 2.12 bits per heavy atom. The number of nitrogens with zero attached hydrogens (tertiary/aromatic N) is 2. The normalized spacial score (nSPS) is 11.1. The van der Waals surface area contributed by atoms with Crippen LogP contribution in [0.2, 0.25) is 0 Å². The average molecular weight is 354 g/mol. The summed E-state index contributed by atoms with van der Waals surface area (Å²) >= 11 is 0. The first-order chi connectivity index (χ1) is 11.9. The molecule has 0 aliphatic heterocycles. The Kier molecular flexibility index (Phi) is 4.67. The summed E-state index contributed by atoms with van der Waals surface area (Å²) in [4.78, 5) is 0.191. The predicted molar refractivity (Wildman–Crippen MR) is 98.5 cm³/mol. The summed E-state index contributed by atoms with van der Waals surface area (Å²) < 4.78 is 27.2. The number of aryl methyl sites for hydroxylation is 2. The van der Waals surface area contributed by atoms with Crippen molar-refractivity contribution in [1.82, 2.24) is 10.2 Å². The zero-order chi connectivity index (χ0) is 17.9. The highest BCUT2D eigenvalue weighted by atomic mass is 32.2. The van der Waals surface area contributed by atoms with Crippen LogP contribution in [0.15, 0.2) is 65.6 Å². The van der Waals surface area contributed by atoms with Crippen molar-refractivity contribution in [2.45, 2.75) is 18.7 Å². The molecule has 25 heavy (non-hydrogen) atoms. The van der Waals surface area contributed by atoms with Crippen molar-refractivity contribution in [2.24, 2.45) is 0 Å². The van der Waals surface area contributed by atoms with E-state index >= 15 is 0 Å². The van der Waals surface area contributed by atoms with Crippen molar-refractivity contribution in [3.8, 4) is 0 Å². The van der Waals surface area contributed by atoms with Crippen LogP contribution in [0.3, 0.4) is 0 Å². The molecule has 0 aliphatic carbocycles. The largest absolute Gasteiger partial charge is 0.339 e. The minimum Gasteiger partial charge on any atom is -0.339 e. The lowest BCUT2D eigenvalue weighted by molar-refractivity contribution is 0.601. The maximum absolute atomic E-state index is 12.4. The van der Waals surface area contributed by atoms with Gasteiger partial charge in [0.1, 0.15) is 0 Å². The molecule has 128 valence electrons. The molecule has 0 spiro atoms. The first kappa shape index (κ1) is 16.9. The van der Waals surface area contributed by atoms with Gasteiger partial charge in [-0.25, -0.2) is 8.42 Å². The molecule has 0 atom stereocenters. The molecule has 0 saturated carbocycles. The standard InChI is InChI=1S/C18H18N4O2S/c1-13-6-8-15(9-7-13)19-17-10-11-18(21-20-17)22-25(23,24)16-5-3-4-14(2)12-16/h3-12H,1-2H3,(H,19,20)(H,21,22). The lowest BCUT2D eigenvalue weighted by atomic mass is 10.2. The fourth-order valence-electron chi connectivity index (χ4n) is 2.22. The molecule has 0 radical (unpaired) electrons. The van der Waals surface area contributed by atoms with E-state index < -0.39 is 10.0 Å². The lowest BCUT2D eigenvalue weighted by Crippen LogP contribution is -2.14. The summed E-state index contributed by atoms with van der Waals surface area (Å²) in [5.41, 5.74) is 2.91. The summed E-state index contributed by atoms with van der Waals surface area (Å²) in [5.74, 6) is 0.693. The van der Waals surface area contributed by atoms with Gasteiger partial charge >= 0.3 is 0 Å². The third-order valence-corrected chi connectivity index (χ3v) is 4.88. The Balaban J connectivity index is 1.73. The van der Waals surface area contributed by atoms with E-state index in [0.29, 0.717) is 5.82 Å². The van der Waals surface area contributed by atoms with Crippen LogP contribution in [0.25, 0.3) is 0 Å². The zero-order valence-electron chi connectivity index (χ0n) is 13.9. The zero-order valence-corrected chi connectivity index (χ0v) is 14.7. The van der Waals surface area contributed by atoms with Gasteiger partial charge in [-0.3, -0.25) is 4.72 Å². The maximum atomic E-state index is 12.4. The topological polar surface area (TPSA) is 84.0 Å². The van der Waals surface area contributed by atoms with E-state index in [-0.39, 0.29) is 10.7 Å². The van der Waals surface area contributed by atoms with Gasteiger partial charge < -0.3 is 5.32 Å². The molecular weight excluding hydrogens is 336 g/mol. The van der Waals surface area contributed by atoms with Crippen molar-refractivity contribution in [3.63, 3.8) is 0 Å². The number of hydrogen-bond donors (Lipinski definition) is 2. The van der Waals surface area contributed by atoms with E-state index in [1.54, 1.807) is 24.3 Å². The van der Waals surface area contributed by atoms with Crippen molar-refractivity contribution < 1.29 is 8.42 Å². The quantitative estimate of drug-likeness (QED) is 0.731. The Labute approximate surface area is 147 Å². The second-order valence-corrected chi connectivity index (χ2v) is 7.40. The molecule has 0 saturated heterocycles. The van der Waals surface area contributed by atoms with Gasteiger partial charge in [-0.15, -0.1) is 10.2 Å². The van der Waals surface area contributed by atoms with Crippen molar-refractivity contribution in [3.05, 3.63) is 71.8 Å². The van der Waals surface area contributed by atoms with E-state index in [9.17, 15) is 8.42 Å². The van der Waals surface area contributed by atoms with Crippen LogP contribution in [-0.2, 0) is 10.0 Å². The van der Waals surface area contributed by atoms with Gasteiger partial charge in [0.2, 0.25) is 0 Å². The Morgan fingerprint density at radius 2 is 1.48 bits per heavy atom. The maximum Gasteiger partial charge on any atom is 0.263 e. The van der Waals surface area contributed by atoms with Crippen LogP contribution in [-0.4, -0.2) is 18.6 Å². The summed E-state index contributed by atoms with van der Waals surface area (Å²) in [6.07, 6.45) is 0. The van der Waals surface area contributed by atoms with Crippen LogP contribution in [0, 0.1) is 13.8 Å². The van der Waals surface area contributed by atoms with E-state index in [2.05, 4.69) is 20.2 Å². The number of nitrogens with one attached hydrogen (secondary N) is 2. The van der Waals surface area contributed by atoms with E-state index in [4.69, 9.17) is 0 Å². The first-order valence-corrected chi connectivity index (χ1v) is 9.18. The molecule has 0 bridgehead atoms. The van der Waals surface area contributed by atoms with Crippen LogP contribution < -0.4 is 10.0 Å². The fourth-order valence-corrected chi connectivity index (χ4v) is 3.32. The Hall–Kier alpha value is -2.93. The Morgan fingerprint density at radius 1 is 0.800 bits per heavy atom. The molecule has 7 heteroatoms. The minimum atomic E-state index is -3.69. The van der Waals surface area contributed by atoms with E-state index in [0.717, 1.165) is 16.8 Å². The third kappa shape index (κ3) is 4.33. The molecule has 1 heterocycles. The molecule has 2 aromatic carbocycles. The highest BCUT2D eigenvalue weighted by Gasteiger charge is 2.15. The fraction of sp³-hybridized carbons (Fsp3) is 0.111. The van der Waals surface area contributed by atoms with E-state index in [1.807, 2.05) is 44.2 Å². The molecule has 1 aromatic heterocycles. The van der Waals surface area contributed by atoms with Crippen LogP contribution in [0.1, 0.15) is 11.1 Å². The first-order valence-electron chi connectivity index (χ1n) is 7.69. The SMILES string of the molecule is Cc1ccc(Nc2ccc(NS(=O)(=O)c3cccc(C)c3)nn2)cc1. The predicted octanol–water partition coefficient (Wildman–Crippen LogP) is 3.64. The van der Waals surface area contributed by atoms with Gasteiger partial charge in [0, 0.05) is 5.69 Å². The van der Waals surface area contributed by atoms with Gasteiger partial charge in [-0.1, -0.05) is 29.8 Å². The van der Waals surface area contributed by atoms with Gasteiger partial charge in [-0.05, 0) is 55.8 Å². The summed E-state index contributed by atoms with van der Waals surface area (Å²) in [5, 5.41) is 11.0. The molecule has 3 rings (SSSR count). The van der Waals surface area contributed by atoms with Crippen LogP contribution in [0.4, 0.5) is 17.3 Å². The number of benzene rings is 2.